The van der Waals surface area contributed by atoms with Crippen LogP contribution in [0.3, 0.4) is 0 Å². The van der Waals surface area contributed by atoms with Crippen LogP contribution in [0.2, 0.25) is 0 Å². The smallest absolute Gasteiger partial charge is 0.228 e. The Morgan fingerprint density at radius 2 is 1.80 bits per heavy atom. The monoisotopic (exact) mass is 348 g/mol. The maximum absolute atomic E-state index is 13.8. The Kier molecular flexibility index (Phi) is 5.56. The zero-order valence-electron chi connectivity index (χ0n) is 14.6. The number of hydrogen-bond donors (Lipinski definition) is 1. The van der Waals surface area contributed by atoms with Gasteiger partial charge in [-0.25, -0.2) is 4.39 Å². The fraction of sp³-hybridized carbons (Fsp3) is 0.579. The molecule has 25 heavy (non-hydrogen) atoms. The summed E-state index contributed by atoms with van der Waals surface area (Å²) in [7, 11) is 1.40. The number of nitrogens with zero attached hydrogens (tertiary/aromatic N) is 1. The van der Waals surface area contributed by atoms with Gasteiger partial charge in [0, 0.05) is 36.7 Å². The third kappa shape index (κ3) is 3.94. The van der Waals surface area contributed by atoms with E-state index in [0.717, 1.165) is 45.2 Å². The van der Waals surface area contributed by atoms with Crippen LogP contribution < -0.4 is 10.1 Å². The van der Waals surface area contributed by atoms with Crippen molar-refractivity contribution in [3.05, 3.63) is 24.0 Å². The number of likely N-dealkylation sites (tertiary alicyclic amines) is 1. The number of amides is 2. The minimum atomic E-state index is -0.520. The molecule has 3 rings (SSSR count). The lowest BCUT2D eigenvalue weighted by Crippen LogP contribution is -2.42. The lowest BCUT2D eigenvalue weighted by molar-refractivity contribution is -0.141. The van der Waals surface area contributed by atoms with Crippen molar-refractivity contribution in [2.24, 2.45) is 11.8 Å². The molecule has 2 amide bonds. The summed E-state index contributed by atoms with van der Waals surface area (Å²) in [4.78, 5) is 27.4. The number of hydrogen-bond acceptors (Lipinski definition) is 3. The van der Waals surface area contributed by atoms with Crippen molar-refractivity contribution >= 4 is 17.5 Å². The van der Waals surface area contributed by atoms with Gasteiger partial charge in [-0.15, -0.1) is 0 Å². The highest BCUT2D eigenvalue weighted by Gasteiger charge is 2.38. The molecule has 0 spiro atoms. The van der Waals surface area contributed by atoms with Gasteiger partial charge >= 0.3 is 0 Å². The maximum Gasteiger partial charge on any atom is 0.228 e. The molecule has 1 aliphatic carbocycles. The molecule has 1 saturated heterocycles. The molecule has 5 nitrogen and oxygen atoms in total. The highest BCUT2D eigenvalue weighted by molar-refractivity contribution is 5.96. The fourth-order valence-electron chi connectivity index (χ4n) is 3.89. The fourth-order valence-corrected chi connectivity index (χ4v) is 3.89. The number of benzene rings is 1. The van der Waals surface area contributed by atoms with Crippen LogP contribution in [0.4, 0.5) is 10.1 Å². The van der Waals surface area contributed by atoms with E-state index < -0.39 is 5.82 Å². The molecule has 1 aliphatic heterocycles. The van der Waals surface area contributed by atoms with Crippen LogP contribution in [-0.4, -0.2) is 36.9 Å². The number of carbonyl (C=O) groups excluding carboxylic acids is 2. The van der Waals surface area contributed by atoms with E-state index in [-0.39, 0.29) is 29.4 Å². The minimum Gasteiger partial charge on any atom is -0.494 e. The molecule has 2 fully saturated rings. The molecule has 0 radical (unpaired) electrons. The van der Waals surface area contributed by atoms with Gasteiger partial charge in [0.15, 0.2) is 11.6 Å². The average Bonchev–Trinajstić information content (AvgIpc) is 3.16. The van der Waals surface area contributed by atoms with Crippen LogP contribution in [0, 0.1) is 17.7 Å². The number of halogens is 1. The number of methoxy groups -OCH3 is 1. The Labute approximate surface area is 147 Å². The SMILES string of the molecule is COc1ccc(NC(=O)C2CCCCC2C(=O)N2CCCC2)cc1F. The van der Waals surface area contributed by atoms with Gasteiger partial charge < -0.3 is 15.0 Å². The number of ether oxygens (including phenoxy) is 1. The summed E-state index contributed by atoms with van der Waals surface area (Å²) in [5, 5.41) is 2.77. The molecule has 1 aromatic carbocycles. The lowest BCUT2D eigenvalue weighted by Gasteiger charge is -2.32. The van der Waals surface area contributed by atoms with Crippen molar-refractivity contribution < 1.29 is 18.7 Å². The molecule has 136 valence electrons. The quantitative estimate of drug-likeness (QED) is 0.909. The number of carbonyl (C=O) groups is 2. The van der Waals surface area contributed by atoms with E-state index in [9.17, 15) is 14.0 Å². The molecule has 1 heterocycles. The normalized spacial score (nSPS) is 23.4. The first-order chi connectivity index (χ1) is 12.1. The zero-order chi connectivity index (χ0) is 17.8. The number of rotatable bonds is 4. The third-order valence-electron chi connectivity index (χ3n) is 5.26. The molecular formula is C19H25FN2O3. The zero-order valence-corrected chi connectivity index (χ0v) is 14.6. The summed E-state index contributed by atoms with van der Waals surface area (Å²) >= 11 is 0. The Morgan fingerprint density at radius 1 is 1.12 bits per heavy atom. The van der Waals surface area contributed by atoms with Crippen LogP contribution in [0.25, 0.3) is 0 Å². The first kappa shape index (κ1) is 17.7. The molecule has 2 aliphatic rings. The highest BCUT2D eigenvalue weighted by atomic mass is 19.1. The van der Waals surface area contributed by atoms with Gasteiger partial charge in [-0.3, -0.25) is 9.59 Å². The van der Waals surface area contributed by atoms with Crippen molar-refractivity contribution in [1.29, 1.82) is 0 Å². The second-order valence-corrected chi connectivity index (χ2v) is 6.87. The number of anilines is 1. The van der Waals surface area contributed by atoms with Crippen molar-refractivity contribution in [3.8, 4) is 5.75 Å². The first-order valence-electron chi connectivity index (χ1n) is 9.03. The summed E-state index contributed by atoms with van der Waals surface area (Å²) in [5.41, 5.74) is 0.390. The van der Waals surface area contributed by atoms with Crippen molar-refractivity contribution in [3.63, 3.8) is 0 Å². The lowest BCUT2D eigenvalue weighted by atomic mass is 9.77. The highest BCUT2D eigenvalue weighted by Crippen LogP contribution is 2.33. The number of nitrogens with one attached hydrogen (secondary N) is 1. The largest absolute Gasteiger partial charge is 0.494 e. The van der Waals surface area contributed by atoms with Gasteiger partial charge in [0.05, 0.1) is 7.11 Å². The van der Waals surface area contributed by atoms with Crippen LogP contribution in [-0.2, 0) is 9.59 Å². The third-order valence-corrected chi connectivity index (χ3v) is 5.26. The predicted molar refractivity (Wildman–Crippen MR) is 92.8 cm³/mol. The van der Waals surface area contributed by atoms with Crippen molar-refractivity contribution in [2.45, 2.75) is 38.5 Å². The van der Waals surface area contributed by atoms with Crippen LogP contribution >= 0.6 is 0 Å². The van der Waals surface area contributed by atoms with Gasteiger partial charge in [0.2, 0.25) is 11.8 Å². The van der Waals surface area contributed by atoms with E-state index >= 15 is 0 Å². The van der Waals surface area contributed by atoms with Gasteiger partial charge in [-0.1, -0.05) is 12.8 Å². The molecule has 0 aromatic heterocycles. The van der Waals surface area contributed by atoms with E-state index in [4.69, 9.17) is 4.74 Å². The van der Waals surface area contributed by atoms with E-state index in [1.165, 1.54) is 19.2 Å². The Bertz CT molecular complexity index is 644. The van der Waals surface area contributed by atoms with Gasteiger partial charge in [-0.05, 0) is 37.8 Å². The standard InChI is InChI=1S/C19H25FN2O3/c1-25-17-9-8-13(12-16(17)20)21-18(23)14-6-2-3-7-15(14)19(24)22-10-4-5-11-22/h8-9,12,14-15H,2-7,10-11H2,1H3,(H,21,23). The van der Waals surface area contributed by atoms with E-state index in [1.54, 1.807) is 6.07 Å². The summed E-state index contributed by atoms with van der Waals surface area (Å²) in [6, 6.07) is 4.34. The Balaban J connectivity index is 1.70. The second-order valence-electron chi connectivity index (χ2n) is 6.87. The summed E-state index contributed by atoms with van der Waals surface area (Å²) in [5.74, 6) is -1.06. The van der Waals surface area contributed by atoms with Crippen LogP contribution in [0.15, 0.2) is 18.2 Å². The van der Waals surface area contributed by atoms with Crippen LogP contribution in [0.5, 0.6) is 5.75 Å². The Morgan fingerprint density at radius 3 is 2.44 bits per heavy atom. The topological polar surface area (TPSA) is 58.6 Å². The van der Waals surface area contributed by atoms with E-state index in [1.807, 2.05) is 4.90 Å². The molecular weight excluding hydrogens is 323 g/mol. The van der Waals surface area contributed by atoms with Gasteiger partial charge in [0.1, 0.15) is 0 Å². The minimum absolute atomic E-state index is 0.110. The van der Waals surface area contributed by atoms with Crippen molar-refractivity contribution in [2.75, 3.05) is 25.5 Å². The van der Waals surface area contributed by atoms with Crippen molar-refractivity contribution in [1.82, 2.24) is 4.90 Å². The average molecular weight is 348 g/mol. The van der Waals surface area contributed by atoms with Gasteiger partial charge in [0.25, 0.3) is 0 Å². The summed E-state index contributed by atoms with van der Waals surface area (Å²) in [6.07, 6.45) is 5.46. The van der Waals surface area contributed by atoms with Crippen LogP contribution in [0.1, 0.15) is 38.5 Å². The second kappa shape index (κ2) is 7.85. The summed E-state index contributed by atoms with van der Waals surface area (Å²) in [6.45, 7) is 1.60. The van der Waals surface area contributed by atoms with E-state index in [0.29, 0.717) is 12.1 Å². The first-order valence-corrected chi connectivity index (χ1v) is 9.03. The molecule has 1 aromatic rings. The molecule has 2 unspecified atom stereocenters. The molecule has 0 bridgehead atoms. The molecule has 1 saturated carbocycles. The Hall–Kier alpha value is -2.11. The molecule has 2 atom stereocenters. The van der Waals surface area contributed by atoms with Gasteiger partial charge in [-0.2, -0.15) is 0 Å². The molecule has 6 heteroatoms. The van der Waals surface area contributed by atoms with E-state index in [2.05, 4.69) is 5.32 Å². The maximum atomic E-state index is 13.8. The predicted octanol–water partition coefficient (Wildman–Crippen LogP) is 3.20. The summed E-state index contributed by atoms with van der Waals surface area (Å²) < 4.78 is 18.7. The molecule has 1 N–H and O–H groups in total.